The monoisotopic (exact) mass is 372 g/mol. The van der Waals surface area contributed by atoms with Crippen LogP contribution in [-0.4, -0.2) is 20.6 Å². The SMILES string of the molecule is C=C[C@]1(CC)O[C@@H](n2cc(F)c(=O)n(C(=O)c3ccccc3)c2=O)C[C@@H]1C. The van der Waals surface area contributed by atoms with Crippen LogP contribution in [0.25, 0.3) is 0 Å². The van der Waals surface area contributed by atoms with Gasteiger partial charge in [-0.15, -0.1) is 6.58 Å². The van der Waals surface area contributed by atoms with Crippen LogP contribution in [0, 0.1) is 11.7 Å². The highest BCUT2D eigenvalue weighted by atomic mass is 19.1. The van der Waals surface area contributed by atoms with Crippen molar-refractivity contribution in [2.45, 2.75) is 38.5 Å². The molecule has 0 amide bonds. The number of carbonyl (C=O) groups is 1. The molecule has 27 heavy (non-hydrogen) atoms. The number of hydrogen-bond acceptors (Lipinski definition) is 4. The molecule has 1 aromatic heterocycles. The minimum atomic E-state index is -1.28. The van der Waals surface area contributed by atoms with E-state index in [1.165, 1.54) is 12.1 Å². The molecule has 3 rings (SSSR count). The van der Waals surface area contributed by atoms with E-state index in [4.69, 9.17) is 4.74 Å². The normalized spacial score (nSPS) is 24.7. The van der Waals surface area contributed by atoms with Crippen molar-refractivity contribution >= 4 is 5.91 Å². The van der Waals surface area contributed by atoms with E-state index in [9.17, 15) is 18.8 Å². The maximum absolute atomic E-state index is 14.3. The summed E-state index contributed by atoms with van der Waals surface area (Å²) in [6, 6.07) is 7.79. The number of halogens is 1. The topological polar surface area (TPSA) is 70.3 Å². The average Bonchev–Trinajstić information content (AvgIpc) is 3.02. The molecule has 0 unspecified atom stereocenters. The third kappa shape index (κ3) is 3.08. The molecule has 7 heteroatoms. The van der Waals surface area contributed by atoms with Crippen molar-refractivity contribution in [3.8, 4) is 0 Å². The van der Waals surface area contributed by atoms with E-state index in [0.29, 0.717) is 17.4 Å². The van der Waals surface area contributed by atoms with Gasteiger partial charge in [0.05, 0.1) is 11.8 Å². The Morgan fingerprint density at radius 3 is 2.59 bits per heavy atom. The molecule has 0 saturated carbocycles. The van der Waals surface area contributed by atoms with Gasteiger partial charge in [0.1, 0.15) is 6.23 Å². The van der Waals surface area contributed by atoms with Crippen LogP contribution in [0.5, 0.6) is 0 Å². The molecule has 0 bridgehead atoms. The third-order valence-electron chi connectivity index (χ3n) is 5.25. The highest BCUT2D eigenvalue weighted by Crippen LogP contribution is 2.43. The van der Waals surface area contributed by atoms with Crippen LogP contribution in [0.15, 0.2) is 58.8 Å². The summed E-state index contributed by atoms with van der Waals surface area (Å²) in [4.78, 5) is 37.7. The molecule has 1 fully saturated rings. The van der Waals surface area contributed by atoms with Crippen LogP contribution in [0.2, 0.25) is 0 Å². The molecule has 0 radical (unpaired) electrons. The number of nitrogens with zero attached hydrogens (tertiary/aromatic N) is 2. The van der Waals surface area contributed by atoms with E-state index in [1.807, 2.05) is 13.8 Å². The Hall–Kier alpha value is -2.80. The molecule has 1 aliphatic rings. The number of carbonyl (C=O) groups excluding carboxylic acids is 1. The fraction of sp³-hybridized carbons (Fsp3) is 0.350. The number of ether oxygens (including phenoxy) is 1. The molecule has 2 heterocycles. The van der Waals surface area contributed by atoms with E-state index in [1.54, 1.807) is 24.3 Å². The lowest BCUT2D eigenvalue weighted by Crippen LogP contribution is -2.46. The van der Waals surface area contributed by atoms with Gasteiger partial charge in [-0.05, 0) is 30.9 Å². The first-order chi connectivity index (χ1) is 12.8. The van der Waals surface area contributed by atoms with Gasteiger partial charge in [-0.25, -0.2) is 4.79 Å². The molecule has 0 aliphatic carbocycles. The highest BCUT2D eigenvalue weighted by molar-refractivity contribution is 5.95. The van der Waals surface area contributed by atoms with Crippen molar-refractivity contribution in [1.82, 2.24) is 9.13 Å². The van der Waals surface area contributed by atoms with Crippen molar-refractivity contribution in [2.75, 3.05) is 0 Å². The van der Waals surface area contributed by atoms with Crippen LogP contribution < -0.4 is 11.2 Å². The summed E-state index contributed by atoms with van der Waals surface area (Å²) in [5, 5.41) is 0. The largest absolute Gasteiger partial charge is 0.347 e. The quantitative estimate of drug-likeness (QED) is 0.774. The van der Waals surface area contributed by atoms with Gasteiger partial charge in [0.2, 0.25) is 5.82 Å². The van der Waals surface area contributed by atoms with Gasteiger partial charge in [0, 0.05) is 5.56 Å². The predicted molar refractivity (Wildman–Crippen MR) is 98.2 cm³/mol. The standard InChI is InChI=1S/C20H21FN2O4/c1-4-20(5-2)13(3)11-16(27-20)22-12-15(21)18(25)23(19(22)26)17(24)14-9-7-6-8-10-14/h4,6-10,12-13,16H,1,5,11H2,2-3H3/t13-,16+,20+/m0/s1. The van der Waals surface area contributed by atoms with Gasteiger partial charge in [-0.3, -0.25) is 14.2 Å². The first kappa shape index (κ1) is 19.0. The lowest BCUT2D eigenvalue weighted by Gasteiger charge is -2.28. The highest BCUT2D eigenvalue weighted by Gasteiger charge is 2.44. The summed E-state index contributed by atoms with van der Waals surface area (Å²) < 4.78 is 21.6. The first-order valence-corrected chi connectivity index (χ1v) is 8.79. The Morgan fingerprint density at radius 2 is 2.04 bits per heavy atom. The third-order valence-corrected chi connectivity index (χ3v) is 5.25. The molecule has 1 saturated heterocycles. The van der Waals surface area contributed by atoms with Gasteiger partial charge < -0.3 is 4.74 Å². The Balaban J connectivity index is 2.11. The molecular formula is C20H21FN2O4. The Labute approximate surface area is 155 Å². The number of benzene rings is 1. The second kappa shape index (κ2) is 7.08. The fourth-order valence-electron chi connectivity index (χ4n) is 3.55. The minimum Gasteiger partial charge on any atom is -0.347 e. The van der Waals surface area contributed by atoms with E-state index in [0.717, 1.165) is 10.8 Å². The number of aromatic nitrogens is 2. The maximum atomic E-state index is 14.3. The second-order valence-electron chi connectivity index (χ2n) is 6.70. The zero-order valence-electron chi connectivity index (χ0n) is 15.2. The van der Waals surface area contributed by atoms with Crippen LogP contribution in [0.4, 0.5) is 4.39 Å². The van der Waals surface area contributed by atoms with Gasteiger partial charge in [0.15, 0.2) is 0 Å². The summed E-state index contributed by atoms with van der Waals surface area (Å²) >= 11 is 0. The van der Waals surface area contributed by atoms with Crippen LogP contribution in [-0.2, 0) is 4.74 Å². The molecule has 6 nitrogen and oxygen atoms in total. The van der Waals surface area contributed by atoms with Crippen LogP contribution in [0.1, 0.15) is 43.3 Å². The summed E-state index contributed by atoms with van der Waals surface area (Å²) in [6.45, 7) is 7.70. The van der Waals surface area contributed by atoms with E-state index < -0.39 is 34.8 Å². The fourth-order valence-corrected chi connectivity index (χ4v) is 3.55. The van der Waals surface area contributed by atoms with Crippen LogP contribution in [0.3, 0.4) is 0 Å². The van der Waals surface area contributed by atoms with Crippen molar-refractivity contribution < 1.29 is 13.9 Å². The maximum Gasteiger partial charge on any atom is 0.340 e. The summed E-state index contributed by atoms with van der Waals surface area (Å²) in [6.07, 6.45) is 2.76. The van der Waals surface area contributed by atoms with Crippen molar-refractivity contribution in [2.24, 2.45) is 5.92 Å². The van der Waals surface area contributed by atoms with Gasteiger partial charge >= 0.3 is 5.69 Å². The Kier molecular flexibility index (Phi) is 4.97. The van der Waals surface area contributed by atoms with Gasteiger partial charge in [0.25, 0.3) is 11.5 Å². The number of hydrogen-bond donors (Lipinski definition) is 0. The predicted octanol–water partition coefficient (Wildman–Crippen LogP) is 2.73. The first-order valence-electron chi connectivity index (χ1n) is 8.79. The molecule has 0 N–H and O–H groups in total. The Bertz CT molecular complexity index is 995. The van der Waals surface area contributed by atoms with Crippen molar-refractivity contribution in [1.29, 1.82) is 0 Å². The summed E-state index contributed by atoms with van der Waals surface area (Å²) in [5.74, 6) is -2.04. The molecule has 1 aliphatic heterocycles. The molecule has 142 valence electrons. The smallest absolute Gasteiger partial charge is 0.340 e. The zero-order chi connectivity index (χ0) is 19.8. The van der Waals surface area contributed by atoms with E-state index in [-0.39, 0.29) is 11.5 Å². The molecule has 3 atom stereocenters. The molecule has 0 spiro atoms. The number of rotatable bonds is 4. The minimum absolute atomic E-state index is 0.0326. The van der Waals surface area contributed by atoms with E-state index in [2.05, 4.69) is 6.58 Å². The molecular weight excluding hydrogens is 351 g/mol. The lowest BCUT2D eigenvalue weighted by atomic mass is 9.86. The second-order valence-corrected chi connectivity index (χ2v) is 6.70. The van der Waals surface area contributed by atoms with Gasteiger partial charge in [-0.2, -0.15) is 8.96 Å². The molecule has 1 aromatic carbocycles. The van der Waals surface area contributed by atoms with Crippen molar-refractivity contribution in [3.05, 3.63) is 81.4 Å². The summed E-state index contributed by atoms with van der Waals surface area (Å²) in [5.41, 5.74) is -2.74. The average molecular weight is 372 g/mol. The Morgan fingerprint density at radius 1 is 1.37 bits per heavy atom. The lowest BCUT2D eigenvalue weighted by molar-refractivity contribution is -0.0567. The van der Waals surface area contributed by atoms with Crippen molar-refractivity contribution in [3.63, 3.8) is 0 Å². The molecule has 2 aromatic rings. The summed E-state index contributed by atoms with van der Waals surface area (Å²) in [7, 11) is 0. The van der Waals surface area contributed by atoms with Crippen LogP contribution >= 0.6 is 0 Å². The van der Waals surface area contributed by atoms with Gasteiger partial charge in [-0.1, -0.05) is 38.1 Å². The van der Waals surface area contributed by atoms with E-state index >= 15 is 0 Å². The zero-order valence-corrected chi connectivity index (χ0v) is 15.2.